The fourth-order valence-electron chi connectivity index (χ4n) is 3.30. The van der Waals surface area contributed by atoms with Gasteiger partial charge in [0.1, 0.15) is 4.90 Å². The first kappa shape index (κ1) is 19.4. The number of aryl methyl sites for hydroxylation is 2. The van der Waals surface area contributed by atoms with Gasteiger partial charge in [-0.15, -0.1) is 0 Å². The molecule has 9 heteroatoms. The molecule has 1 N–H and O–H groups in total. The predicted octanol–water partition coefficient (Wildman–Crippen LogP) is 0.996. The summed E-state index contributed by atoms with van der Waals surface area (Å²) in [5.74, 6) is -0.187. The van der Waals surface area contributed by atoms with Crippen LogP contribution in [-0.4, -0.2) is 73.5 Å². The summed E-state index contributed by atoms with van der Waals surface area (Å²) < 4.78 is 26.7. The molecular formula is C18H25N5O3S. The molecule has 1 aromatic heterocycles. The average Bonchev–Trinajstić information content (AvgIpc) is 3.01. The number of para-hydroxylation sites is 1. The van der Waals surface area contributed by atoms with E-state index in [-0.39, 0.29) is 17.3 Å². The van der Waals surface area contributed by atoms with Gasteiger partial charge >= 0.3 is 0 Å². The molecular weight excluding hydrogens is 366 g/mol. The molecule has 1 amide bonds. The monoisotopic (exact) mass is 391 g/mol. The number of rotatable bonds is 5. The topological polar surface area (TPSA) is 89.6 Å². The number of amides is 1. The summed E-state index contributed by atoms with van der Waals surface area (Å²) in [5, 5.41) is 6.62. The predicted molar refractivity (Wildman–Crippen MR) is 103 cm³/mol. The van der Waals surface area contributed by atoms with Crippen LogP contribution >= 0.6 is 0 Å². The molecule has 1 saturated heterocycles. The van der Waals surface area contributed by atoms with Gasteiger partial charge in [-0.2, -0.15) is 9.40 Å². The van der Waals surface area contributed by atoms with Crippen molar-refractivity contribution in [2.24, 2.45) is 0 Å². The number of nitrogens with one attached hydrogen (secondary N) is 1. The average molecular weight is 391 g/mol. The number of carbonyl (C=O) groups excluding carboxylic acids is 1. The van der Waals surface area contributed by atoms with Gasteiger partial charge in [0, 0.05) is 38.9 Å². The van der Waals surface area contributed by atoms with Crippen LogP contribution in [0.25, 0.3) is 0 Å². The summed E-state index contributed by atoms with van der Waals surface area (Å²) in [4.78, 5) is 16.7. The second-order valence-electron chi connectivity index (χ2n) is 6.73. The van der Waals surface area contributed by atoms with Crippen molar-refractivity contribution in [3.05, 3.63) is 41.7 Å². The van der Waals surface area contributed by atoms with E-state index in [0.717, 1.165) is 23.1 Å². The number of sulfonamides is 1. The second kappa shape index (κ2) is 7.69. The highest BCUT2D eigenvalue weighted by Crippen LogP contribution is 2.21. The first-order chi connectivity index (χ1) is 12.8. The molecule has 1 aliphatic heterocycles. The van der Waals surface area contributed by atoms with Gasteiger partial charge < -0.3 is 9.80 Å². The molecule has 146 valence electrons. The largest absolute Gasteiger partial charge is 0.368 e. The van der Waals surface area contributed by atoms with Gasteiger partial charge in [-0.1, -0.05) is 18.2 Å². The first-order valence-corrected chi connectivity index (χ1v) is 10.3. The number of hydrogen-bond donors (Lipinski definition) is 1. The molecule has 0 bridgehead atoms. The zero-order valence-corrected chi connectivity index (χ0v) is 16.7. The van der Waals surface area contributed by atoms with Crippen molar-refractivity contribution in [3.8, 4) is 0 Å². The van der Waals surface area contributed by atoms with Crippen LogP contribution in [0.1, 0.15) is 11.4 Å². The van der Waals surface area contributed by atoms with Crippen LogP contribution in [0.3, 0.4) is 0 Å². The lowest BCUT2D eigenvalue weighted by Gasteiger charge is -2.36. The van der Waals surface area contributed by atoms with Crippen molar-refractivity contribution < 1.29 is 13.2 Å². The Morgan fingerprint density at radius 3 is 2.33 bits per heavy atom. The molecule has 0 unspecified atom stereocenters. The number of H-pyrrole nitrogens is 1. The summed E-state index contributed by atoms with van der Waals surface area (Å²) >= 11 is 0. The van der Waals surface area contributed by atoms with Gasteiger partial charge in [0.05, 0.1) is 17.9 Å². The number of piperazine rings is 1. The quantitative estimate of drug-likeness (QED) is 0.821. The van der Waals surface area contributed by atoms with Crippen LogP contribution in [0.2, 0.25) is 0 Å². The Balaban J connectivity index is 1.61. The fraction of sp³-hybridized carbons (Fsp3) is 0.444. The van der Waals surface area contributed by atoms with Crippen molar-refractivity contribution in [2.45, 2.75) is 18.7 Å². The van der Waals surface area contributed by atoms with E-state index >= 15 is 0 Å². The van der Waals surface area contributed by atoms with E-state index in [2.05, 4.69) is 15.1 Å². The van der Waals surface area contributed by atoms with Gasteiger partial charge in [0.2, 0.25) is 15.9 Å². The standard InChI is InChI=1S/C18H25N5O3S/c1-14-18(15(2)20-19-14)27(25,26)21(3)13-17(24)23-11-9-22(10-12-23)16-7-5-4-6-8-16/h4-8H,9-13H2,1-3H3,(H,19,20). The molecule has 8 nitrogen and oxygen atoms in total. The zero-order chi connectivity index (χ0) is 19.6. The van der Waals surface area contributed by atoms with Crippen molar-refractivity contribution >= 4 is 21.6 Å². The molecule has 0 saturated carbocycles. The highest BCUT2D eigenvalue weighted by Gasteiger charge is 2.30. The molecule has 27 heavy (non-hydrogen) atoms. The molecule has 0 atom stereocenters. The van der Waals surface area contributed by atoms with Crippen LogP contribution < -0.4 is 4.90 Å². The fourth-order valence-corrected chi connectivity index (χ4v) is 4.75. The summed E-state index contributed by atoms with van der Waals surface area (Å²) in [6, 6.07) is 10.1. The molecule has 1 aliphatic rings. The minimum absolute atomic E-state index is 0.145. The highest BCUT2D eigenvalue weighted by atomic mass is 32.2. The van der Waals surface area contributed by atoms with Crippen LogP contribution in [0.5, 0.6) is 0 Å². The van der Waals surface area contributed by atoms with E-state index < -0.39 is 10.0 Å². The molecule has 2 aromatic rings. The lowest BCUT2D eigenvalue weighted by atomic mass is 10.2. The van der Waals surface area contributed by atoms with E-state index in [1.54, 1.807) is 18.7 Å². The Bertz CT molecular complexity index is 883. The highest BCUT2D eigenvalue weighted by molar-refractivity contribution is 7.89. The third-order valence-corrected chi connectivity index (χ3v) is 6.91. The minimum Gasteiger partial charge on any atom is -0.368 e. The first-order valence-electron chi connectivity index (χ1n) is 8.86. The van der Waals surface area contributed by atoms with Crippen molar-refractivity contribution in [3.63, 3.8) is 0 Å². The van der Waals surface area contributed by atoms with Crippen LogP contribution in [0.15, 0.2) is 35.2 Å². The van der Waals surface area contributed by atoms with E-state index in [1.807, 2.05) is 30.3 Å². The van der Waals surface area contributed by atoms with E-state index in [1.165, 1.54) is 7.05 Å². The Morgan fingerprint density at radius 1 is 1.15 bits per heavy atom. The number of aromatic amines is 1. The Kier molecular flexibility index (Phi) is 5.52. The normalized spacial score (nSPS) is 15.4. The van der Waals surface area contributed by atoms with Gasteiger partial charge in [-0.3, -0.25) is 9.89 Å². The Labute approximate surface area is 159 Å². The maximum atomic E-state index is 12.8. The third-order valence-electron chi connectivity index (χ3n) is 4.84. The van der Waals surface area contributed by atoms with E-state index in [4.69, 9.17) is 0 Å². The van der Waals surface area contributed by atoms with Crippen LogP contribution in [0, 0.1) is 13.8 Å². The minimum atomic E-state index is -3.76. The number of carbonyl (C=O) groups is 1. The lowest BCUT2D eigenvalue weighted by molar-refractivity contribution is -0.131. The third kappa shape index (κ3) is 3.98. The molecule has 1 aromatic carbocycles. The van der Waals surface area contributed by atoms with Gasteiger partial charge in [-0.05, 0) is 26.0 Å². The Morgan fingerprint density at radius 2 is 1.78 bits per heavy atom. The van der Waals surface area contributed by atoms with Gasteiger partial charge in [-0.25, -0.2) is 8.42 Å². The molecule has 0 spiro atoms. The SMILES string of the molecule is Cc1n[nH]c(C)c1S(=O)(=O)N(C)CC(=O)N1CCN(c2ccccc2)CC1. The van der Waals surface area contributed by atoms with E-state index in [9.17, 15) is 13.2 Å². The number of likely N-dealkylation sites (N-methyl/N-ethyl adjacent to an activating group) is 1. The van der Waals surface area contributed by atoms with Crippen molar-refractivity contribution in [2.75, 3.05) is 44.7 Å². The maximum absolute atomic E-state index is 12.8. The number of anilines is 1. The summed E-state index contributed by atoms with van der Waals surface area (Å²) in [6.07, 6.45) is 0. The zero-order valence-electron chi connectivity index (χ0n) is 15.8. The summed E-state index contributed by atoms with van der Waals surface area (Å²) in [5.41, 5.74) is 2.02. The molecule has 0 radical (unpaired) electrons. The summed E-state index contributed by atoms with van der Waals surface area (Å²) in [7, 11) is -2.33. The Hall–Kier alpha value is -2.39. The molecule has 0 aliphatic carbocycles. The number of aromatic nitrogens is 2. The lowest BCUT2D eigenvalue weighted by Crippen LogP contribution is -2.51. The molecule has 2 heterocycles. The number of hydrogen-bond acceptors (Lipinski definition) is 5. The van der Waals surface area contributed by atoms with Crippen LogP contribution in [0.4, 0.5) is 5.69 Å². The van der Waals surface area contributed by atoms with Crippen LogP contribution in [-0.2, 0) is 14.8 Å². The van der Waals surface area contributed by atoms with Gasteiger partial charge in [0.15, 0.2) is 0 Å². The number of nitrogens with zero attached hydrogens (tertiary/aromatic N) is 4. The smallest absolute Gasteiger partial charge is 0.246 e. The van der Waals surface area contributed by atoms with Crippen molar-refractivity contribution in [1.29, 1.82) is 0 Å². The second-order valence-corrected chi connectivity index (χ2v) is 8.71. The summed E-state index contributed by atoms with van der Waals surface area (Å²) in [6.45, 7) is 5.72. The van der Waals surface area contributed by atoms with Crippen molar-refractivity contribution in [1.82, 2.24) is 19.4 Å². The van der Waals surface area contributed by atoms with E-state index in [0.29, 0.717) is 24.5 Å². The van der Waals surface area contributed by atoms with Gasteiger partial charge in [0.25, 0.3) is 0 Å². The molecule has 3 rings (SSSR count). The number of benzene rings is 1. The maximum Gasteiger partial charge on any atom is 0.246 e. The molecule has 1 fully saturated rings.